The Morgan fingerprint density at radius 1 is 0.949 bits per heavy atom. The number of aliphatic hydroxyl groups excluding tert-OH is 1. The highest BCUT2D eigenvalue weighted by atomic mass is 19.4. The minimum absolute atomic E-state index is 0.0470. The number of pyridine rings is 1. The standard InChI is InChI=1S/C29H32F3N3O4/c1-28(38,29(30,31)32)25-8-6-24(7-9-25)23-4-2-21(3-5-23)18-34-14-15-35(19-22-10-12-33-13-11-22)26(20-34)27(37)39-17-16-36/h2-13,26,36,38H,14-20H2,1H3/t26-,28?/m0/s1. The van der Waals surface area contributed by atoms with Crippen molar-refractivity contribution >= 4 is 5.97 Å². The molecule has 0 aliphatic carbocycles. The van der Waals surface area contributed by atoms with Gasteiger partial charge in [-0.15, -0.1) is 0 Å². The number of rotatable bonds is 9. The molecule has 39 heavy (non-hydrogen) atoms. The molecule has 1 aliphatic heterocycles. The molecular formula is C29H32F3N3O4. The van der Waals surface area contributed by atoms with E-state index in [1.54, 1.807) is 24.5 Å². The second-order valence-electron chi connectivity index (χ2n) is 9.81. The van der Waals surface area contributed by atoms with Crippen LogP contribution in [-0.4, -0.2) is 76.0 Å². The van der Waals surface area contributed by atoms with Crippen LogP contribution >= 0.6 is 0 Å². The van der Waals surface area contributed by atoms with E-state index in [2.05, 4.69) is 14.8 Å². The Labute approximate surface area is 225 Å². The van der Waals surface area contributed by atoms with E-state index in [1.807, 2.05) is 36.4 Å². The van der Waals surface area contributed by atoms with E-state index in [9.17, 15) is 23.1 Å². The lowest BCUT2D eigenvalue weighted by Gasteiger charge is -2.40. The topological polar surface area (TPSA) is 86.1 Å². The summed E-state index contributed by atoms with van der Waals surface area (Å²) in [7, 11) is 0. The van der Waals surface area contributed by atoms with Crippen LogP contribution < -0.4 is 0 Å². The maximum absolute atomic E-state index is 13.1. The average molecular weight is 544 g/mol. The molecule has 2 N–H and O–H groups in total. The van der Waals surface area contributed by atoms with Gasteiger partial charge in [-0.05, 0) is 46.9 Å². The molecule has 4 rings (SSSR count). The number of hydrogen-bond donors (Lipinski definition) is 2. The lowest BCUT2D eigenvalue weighted by atomic mass is 9.93. The summed E-state index contributed by atoms with van der Waals surface area (Å²) >= 11 is 0. The van der Waals surface area contributed by atoms with Crippen molar-refractivity contribution in [2.24, 2.45) is 0 Å². The SMILES string of the molecule is CC(O)(c1ccc(-c2ccc(CN3CCN(Cc4ccncc4)[C@H](C(=O)OCCO)C3)cc2)cc1)C(F)(F)F. The van der Waals surface area contributed by atoms with Gasteiger partial charge >= 0.3 is 12.1 Å². The van der Waals surface area contributed by atoms with Gasteiger partial charge in [0.05, 0.1) is 6.61 Å². The molecule has 0 bridgehead atoms. The number of halogens is 3. The summed E-state index contributed by atoms with van der Waals surface area (Å²) in [4.78, 5) is 21.1. The first-order chi connectivity index (χ1) is 18.6. The predicted molar refractivity (Wildman–Crippen MR) is 139 cm³/mol. The van der Waals surface area contributed by atoms with Gasteiger partial charge in [-0.1, -0.05) is 48.5 Å². The van der Waals surface area contributed by atoms with Crippen LogP contribution in [0.1, 0.15) is 23.6 Å². The van der Waals surface area contributed by atoms with Crippen molar-refractivity contribution in [1.82, 2.24) is 14.8 Å². The fraction of sp³-hybridized carbons (Fsp3) is 0.379. The molecule has 7 nitrogen and oxygen atoms in total. The number of hydrogen-bond acceptors (Lipinski definition) is 7. The number of aromatic nitrogens is 1. The molecule has 208 valence electrons. The highest BCUT2D eigenvalue weighted by Gasteiger charge is 2.51. The summed E-state index contributed by atoms with van der Waals surface area (Å²) in [5.74, 6) is -0.369. The number of benzene rings is 2. The third-order valence-electron chi connectivity index (χ3n) is 7.01. The number of esters is 1. The number of carbonyl (C=O) groups excluding carboxylic acids is 1. The van der Waals surface area contributed by atoms with Gasteiger partial charge in [0.1, 0.15) is 12.6 Å². The smallest absolute Gasteiger partial charge is 0.421 e. The van der Waals surface area contributed by atoms with Crippen molar-refractivity contribution in [2.45, 2.75) is 37.8 Å². The zero-order valence-corrected chi connectivity index (χ0v) is 21.6. The lowest BCUT2D eigenvalue weighted by Crippen LogP contribution is -2.56. The molecule has 0 amide bonds. The Morgan fingerprint density at radius 3 is 2.13 bits per heavy atom. The van der Waals surface area contributed by atoms with E-state index in [1.165, 1.54) is 12.1 Å². The van der Waals surface area contributed by atoms with Gasteiger partial charge in [-0.25, -0.2) is 0 Å². The number of alkyl halides is 3. The summed E-state index contributed by atoms with van der Waals surface area (Å²) in [6.07, 6.45) is -1.33. The van der Waals surface area contributed by atoms with Gasteiger partial charge in [-0.2, -0.15) is 13.2 Å². The largest absolute Gasteiger partial charge is 0.462 e. The summed E-state index contributed by atoms with van der Waals surface area (Å²) in [6.45, 7) is 3.54. The molecular weight excluding hydrogens is 511 g/mol. The molecule has 1 aromatic heterocycles. The Balaban J connectivity index is 1.41. The minimum atomic E-state index is -4.77. The third-order valence-corrected chi connectivity index (χ3v) is 7.01. The molecule has 0 spiro atoms. The van der Waals surface area contributed by atoms with E-state index in [4.69, 9.17) is 9.84 Å². The lowest BCUT2D eigenvalue weighted by molar-refractivity contribution is -0.258. The van der Waals surface area contributed by atoms with Crippen molar-refractivity contribution in [1.29, 1.82) is 0 Å². The first-order valence-electron chi connectivity index (χ1n) is 12.7. The zero-order valence-electron chi connectivity index (χ0n) is 21.6. The van der Waals surface area contributed by atoms with Gasteiger partial charge in [0, 0.05) is 45.1 Å². The predicted octanol–water partition coefficient (Wildman–Crippen LogP) is 3.74. The molecule has 3 aromatic rings. The maximum atomic E-state index is 13.1. The van der Waals surface area contributed by atoms with Crippen LogP contribution in [0.4, 0.5) is 13.2 Å². The van der Waals surface area contributed by atoms with Crippen LogP contribution in [0.2, 0.25) is 0 Å². The van der Waals surface area contributed by atoms with Crippen LogP contribution in [0.15, 0.2) is 73.1 Å². The third kappa shape index (κ3) is 7.02. The number of aliphatic hydroxyl groups is 2. The highest BCUT2D eigenvalue weighted by molar-refractivity contribution is 5.76. The number of nitrogens with zero attached hydrogens (tertiary/aromatic N) is 3. The molecule has 1 saturated heterocycles. The van der Waals surface area contributed by atoms with Gasteiger partial charge in [-0.3, -0.25) is 19.6 Å². The van der Waals surface area contributed by atoms with Gasteiger partial charge in [0.25, 0.3) is 0 Å². The number of ether oxygens (including phenoxy) is 1. The van der Waals surface area contributed by atoms with E-state index in [0.29, 0.717) is 26.2 Å². The molecule has 2 aromatic carbocycles. The monoisotopic (exact) mass is 543 g/mol. The summed E-state index contributed by atoms with van der Waals surface area (Å²) in [5.41, 5.74) is 0.513. The van der Waals surface area contributed by atoms with Crippen LogP contribution in [0.25, 0.3) is 11.1 Å². The Kier molecular flexibility index (Phi) is 9.01. The Hall–Kier alpha value is -3.31. The molecule has 0 radical (unpaired) electrons. The Morgan fingerprint density at radius 2 is 1.54 bits per heavy atom. The fourth-order valence-electron chi connectivity index (χ4n) is 4.61. The first-order valence-corrected chi connectivity index (χ1v) is 12.7. The quantitative estimate of drug-likeness (QED) is 0.398. The van der Waals surface area contributed by atoms with Crippen molar-refractivity contribution in [3.63, 3.8) is 0 Å². The molecule has 2 atom stereocenters. The summed E-state index contributed by atoms with van der Waals surface area (Å²) in [5, 5.41) is 19.0. The van der Waals surface area contributed by atoms with Crippen LogP contribution in [-0.2, 0) is 28.2 Å². The normalized spacial score (nSPS) is 18.5. The van der Waals surface area contributed by atoms with Crippen LogP contribution in [0, 0.1) is 0 Å². The number of carbonyl (C=O) groups is 1. The van der Waals surface area contributed by atoms with Crippen molar-refractivity contribution in [3.8, 4) is 11.1 Å². The van der Waals surface area contributed by atoms with E-state index in [-0.39, 0.29) is 24.7 Å². The fourth-order valence-corrected chi connectivity index (χ4v) is 4.61. The Bertz CT molecular complexity index is 1220. The highest BCUT2D eigenvalue weighted by Crippen LogP contribution is 2.39. The second kappa shape index (κ2) is 12.3. The van der Waals surface area contributed by atoms with Crippen LogP contribution in [0.3, 0.4) is 0 Å². The van der Waals surface area contributed by atoms with Crippen molar-refractivity contribution in [3.05, 3.63) is 89.7 Å². The molecule has 1 aliphatic rings. The average Bonchev–Trinajstić information content (AvgIpc) is 2.93. The minimum Gasteiger partial charge on any atom is -0.462 e. The van der Waals surface area contributed by atoms with E-state index < -0.39 is 17.8 Å². The van der Waals surface area contributed by atoms with Gasteiger partial charge in [0.15, 0.2) is 5.60 Å². The zero-order chi connectivity index (χ0) is 28.0. The van der Waals surface area contributed by atoms with Crippen molar-refractivity contribution in [2.75, 3.05) is 32.8 Å². The van der Waals surface area contributed by atoms with Gasteiger partial charge < -0.3 is 14.9 Å². The van der Waals surface area contributed by atoms with E-state index >= 15 is 0 Å². The first kappa shape index (κ1) is 28.7. The molecule has 1 unspecified atom stereocenters. The van der Waals surface area contributed by atoms with Crippen LogP contribution in [0.5, 0.6) is 0 Å². The molecule has 0 saturated carbocycles. The second-order valence-corrected chi connectivity index (χ2v) is 9.81. The van der Waals surface area contributed by atoms with Crippen molar-refractivity contribution < 1.29 is 32.9 Å². The number of piperazine rings is 1. The molecule has 1 fully saturated rings. The summed E-state index contributed by atoms with van der Waals surface area (Å²) < 4.78 is 44.6. The maximum Gasteiger partial charge on any atom is 0.421 e. The van der Waals surface area contributed by atoms with Gasteiger partial charge in [0.2, 0.25) is 0 Å². The molecule has 2 heterocycles. The summed E-state index contributed by atoms with van der Waals surface area (Å²) in [6, 6.07) is 16.8. The molecule has 10 heteroatoms. The van der Waals surface area contributed by atoms with E-state index in [0.717, 1.165) is 35.7 Å².